The van der Waals surface area contributed by atoms with Crippen LogP contribution in [0.4, 0.5) is 13.2 Å². The molecule has 0 aliphatic carbocycles. The lowest BCUT2D eigenvalue weighted by atomic mass is 9.97. The van der Waals surface area contributed by atoms with Crippen LogP contribution in [0.15, 0.2) is 66.7 Å². The lowest BCUT2D eigenvalue weighted by Gasteiger charge is -2.10. The van der Waals surface area contributed by atoms with Crippen molar-refractivity contribution < 1.29 is 13.2 Å². The number of aryl methyl sites for hydroxylation is 5. The van der Waals surface area contributed by atoms with Crippen LogP contribution >= 0.6 is 11.6 Å². The van der Waals surface area contributed by atoms with Gasteiger partial charge in [0.25, 0.3) is 0 Å². The Kier molecular flexibility index (Phi) is 6.86. The molecule has 0 radical (unpaired) electrons. The molecule has 0 spiro atoms. The van der Waals surface area contributed by atoms with E-state index in [-0.39, 0.29) is 16.7 Å². The third-order valence-corrected chi connectivity index (χ3v) is 6.28. The molecule has 4 heteroatoms. The van der Waals surface area contributed by atoms with Crippen LogP contribution in [0.2, 0.25) is 5.02 Å². The molecule has 0 aliphatic heterocycles. The van der Waals surface area contributed by atoms with E-state index in [0.717, 1.165) is 28.5 Å². The molecule has 0 saturated heterocycles. The molecule has 4 aromatic rings. The first-order valence-corrected chi connectivity index (χ1v) is 11.2. The first-order chi connectivity index (χ1) is 15.4. The summed E-state index contributed by atoms with van der Waals surface area (Å²) in [6, 6.07) is 19.5. The fourth-order valence-electron chi connectivity index (χ4n) is 4.00. The molecule has 0 N–H and O–H groups in total. The van der Waals surface area contributed by atoms with E-state index in [0.29, 0.717) is 42.2 Å². The quantitative estimate of drug-likeness (QED) is 0.266. The predicted molar refractivity (Wildman–Crippen MR) is 126 cm³/mol. The van der Waals surface area contributed by atoms with Gasteiger partial charge in [-0.25, -0.2) is 13.2 Å². The summed E-state index contributed by atoms with van der Waals surface area (Å²) in [5.74, 6) is -0.872. The molecule has 0 bridgehead atoms. The Morgan fingerprint density at radius 3 is 1.97 bits per heavy atom. The molecule has 164 valence electrons. The molecule has 0 saturated carbocycles. The van der Waals surface area contributed by atoms with Crippen molar-refractivity contribution in [3.63, 3.8) is 0 Å². The van der Waals surface area contributed by atoms with Crippen LogP contribution in [0.1, 0.15) is 34.7 Å². The van der Waals surface area contributed by atoms with E-state index in [1.54, 1.807) is 24.3 Å². The summed E-state index contributed by atoms with van der Waals surface area (Å²) in [5, 5.41) is 1.47. The maximum atomic E-state index is 15.1. The Morgan fingerprint density at radius 1 is 0.625 bits per heavy atom. The van der Waals surface area contributed by atoms with Crippen molar-refractivity contribution in [2.75, 3.05) is 0 Å². The van der Waals surface area contributed by atoms with Gasteiger partial charge in [0.2, 0.25) is 0 Å². The molecule has 0 nitrogen and oxygen atoms in total. The van der Waals surface area contributed by atoms with Crippen molar-refractivity contribution in [3.8, 4) is 0 Å². The van der Waals surface area contributed by atoms with E-state index in [9.17, 15) is 8.78 Å². The average molecular weight is 453 g/mol. The van der Waals surface area contributed by atoms with Gasteiger partial charge >= 0.3 is 0 Å². The van der Waals surface area contributed by atoms with Crippen molar-refractivity contribution >= 4 is 22.4 Å². The molecule has 32 heavy (non-hydrogen) atoms. The maximum Gasteiger partial charge on any atom is 0.142 e. The van der Waals surface area contributed by atoms with Gasteiger partial charge in [0.1, 0.15) is 17.5 Å². The average Bonchev–Trinajstić information content (AvgIpc) is 2.80. The lowest BCUT2D eigenvalue weighted by Crippen LogP contribution is -1.98. The van der Waals surface area contributed by atoms with E-state index in [1.165, 1.54) is 12.1 Å². The van der Waals surface area contributed by atoms with Crippen LogP contribution in [-0.2, 0) is 32.1 Å². The van der Waals surface area contributed by atoms with Crippen molar-refractivity contribution in [3.05, 3.63) is 117 Å². The number of hydrogen-bond acceptors (Lipinski definition) is 0. The molecule has 0 unspecified atom stereocenters. The third kappa shape index (κ3) is 4.99. The first kappa shape index (κ1) is 22.4. The summed E-state index contributed by atoms with van der Waals surface area (Å²) in [6.07, 6.45) is 3.09. The summed E-state index contributed by atoms with van der Waals surface area (Å²) < 4.78 is 43.0. The Hall–Kier alpha value is -2.78. The zero-order chi connectivity index (χ0) is 22.7. The summed E-state index contributed by atoms with van der Waals surface area (Å²) in [5.41, 5.74) is 4.10. The van der Waals surface area contributed by atoms with E-state index in [4.69, 9.17) is 11.6 Å². The van der Waals surface area contributed by atoms with Crippen LogP contribution in [0.25, 0.3) is 10.8 Å². The Morgan fingerprint density at radius 2 is 1.25 bits per heavy atom. The standard InChI is InChI=1S/C28H24ClF3/c1-2-18-3-8-21(26(30)16-18)9-4-19-6-13-24-23(15-19)12-11-22(28(24)32)10-5-20-7-14-25(29)27(31)17-20/h3,6-8,11-17H,2,4-5,9-10H2,1H3. The summed E-state index contributed by atoms with van der Waals surface area (Å²) in [7, 11) is 0. The predicted octanol–water partition coefficient (Wildman–Crippen LogP) is 8.04. The molecule has 0 fully saturated rings. The molecule has 4 aromatic carbocycles. The molecule has 0 amide bonds. The van der Waals surface area contributed by atoms with E-state index in [2.05, 4.69) is 0 Å². The summed E-state index contributed by atoms with van der Waals surface area (Å²) in [6.45, 7) is 2.01. The zero-order valence-corrected chi connectivity index (χ0v) is 18.7. The molecule has 0 aliphatic rings. The molecule has 0 aromatic heterocycles. The molecular formula is C28H24ClF3. The highest BCUT2D eigenvalue weighted by Gasteiger charge is 2.10. The monoisotopic (exact) mass is 452 g/mol. The van der Waals surface area contributed by atoms with Crippen molar-refractivity contribution in [2.24, 2.45) is 0 Å². The minimum atomic E-state index is -0.461. The Labute approximate surface area is 191 Å². The van der Waals surface area contributed by atoms with Crippen molar-refractivity contribution in [1.29, 1.82) is 0 Å². The maximum absolute atomic E-state index is 15.1. The van der Waals surface area contributed by atoms with Gasteiger partial charge < -0.3 is 0 Å². The van der Waals surface area contributed by atoms with E-state index >= 15 is 4.39 Å². The molecule has 4 rings (SSSR count). The van der Waals surface area contributed by atoms with Gasteiger partial charge in [-0.1, -0.05) is 67.1 Å². The van der Waals surface area contributed by atoms with Crippen LogP contribution in [0.3, 0.4) is 0 Å². The third-order valence-electron chi connectivity index (χ3n) is 5.97. The zero-order valence-electron chi connectivity index (χ0n) is 17.9. The van der Waals surface area contributed by atoms with Gasteiger partial charge in [-0.15, -0.1) is 0 Å². The van der Waals surface area contributed by atoms with Crippen LogP contribution < -0.4 is 0 Å². The SMILES string of the molecule is CCc1ccc(CCc2ccc3c(F)c(CCc4ccc(Cl)c(F)c4)ccc3c2)c(F)c1. The first-order valence-electron chi connectivity index (χ1n) is 10.9. The minimum absolute atomic E-state index is 0.0853. The summed E-state index contributed by atoms with van der Waals surface area (Å²) in [4.78, 5) is 0. The fourth-order valence-corrected chi connectivity index (χ4v) is 4.12. The van der Waals surface area contributed by atoms with Gasteiger partial charge in [-0.3, -0.25) is 0 Å². The molecule has 0 heterocycles. The topological polar surface area (TPSA) is 0 Å². The van der Waals surface area contributed by atoms with Crippen LogP contribution in [0, 0.1) is 17.5 Å². The van der Waals surface area contributed by atoms with Gasteiger partial charge in [-0.2, -0.15) is 0 Å². The highest BCUT2D eigenvalue weighted by atomic mass is 35.5. The Bertz CT molecular complexity index is 1260. The smallest absolute Gasteiger partial charge is 0.142 e. The number of benzene rings is 4. The largest absolute Gasteiger partial charge is 0.207 e. The van der Waals surface area contributed by atoms with Crippen molar-refractivity contribution in [2.45, 2.75) is 39.0 Å². The van der Waals surface area contributed by atoms with Crippen LogP contribution in [0.5, 0.6) is 0 Å². The van der Waals surface area contributed by atoms with Gasteiger partial charge in [0, 0.05) is 5.39 Å². The van der Waals surface area contributed by atoms with E-state index in [1.807, 2.05) is 37.3 Å². The number of halogens is 4. The second-order valence-electron chi connectivity index (χ2n) is 8.12. The summed E-state index contributed by atoms with van der Waals surface area (Å²) >= 11 is 5.72. The Balaban J connectivity index is 1.47. The number of fused-ring (bicyclic) bond motifs is 1. The van der Waals surface area contributed by atoms with Crippen molar-refractivity contribution in [1.82, 2.24) is 0 Å². The van der Waals surface area contributed by atoms with Crippen LogP contribution in [-0.4, -0.2) is 0 Å². The number of rotatable bonds is 7. The molecular weight excluding hydrogens is 429 g/mol. The lowest BCUT2D eigenvalue weighted by molar-refractivity contribution is 0.606. The second-order valence-corrected chi connectivity index (χ2v) is 8.53. The normalized spacial score (nSPS) is 11.3. The fraction of sp³-hybridized carbons (Fsp3) is 0.214. The van der Waals surface area contributed by atoms with Gasteiger partial charge in [-0.05, 0) is 83.5 Å². The van der Waals surface area contributed by atoms with Gasteiger partial charge in [0.15, 0.2) is 0 Å². The second kappa shape index (κ2) is 9.79. The van der Waals surface area contributed by atoms with E-state index < -0.39 is 5.82 Å². The highest BCUT2D eigenvalue weighted by molar-refractivity contribution is 6.30. The van der Waals surface area contributed by atoms with Gasteiger partial charge in [0.05, 0.1) is 5.02 Å². The minimum Gasteiger partial charge on any atom is -0.207 e. The molecule has 0 atom stereocenters. The number of hydrogen-bond donors (Lipinski definition) is 0. The highest BCUT2D eigenvalue weighted by Crippen LogP contribution is 2.25.